The van der Waals surface area contributed by atoms with Gasteiger partial charge in [0, 0.05) is 39.3 Å². The molecule has 9 nitrogen and oxygen atoms in total. The lowest BCUT2D eigenvalue weighted by atomic mass is 10.2. The van der Waals surface area contributed by atoms with E-state index in [0.29, 0.717) is 36.8 Å². The van der Waals surface area contributed by atoms with E-state index in [2.05, 4.69) is 32.5 Å². The second kappa shape index (κ2) is 11.7. The van der Waals surface area contributed by atoms with Crippen LogP contribution in [0.1, 0.15) is 11.1 Å². The number of halogens is 1. The van der Waals surface area contributed by atoms with Crippen LogP contribution < -0.4 is 20.3 Å². The molecule has 2 aromatic carbocycles. The zero-order valence-electron chi connectivity index (χ0n) is 19.5. The minimum absolute atomic E-state index is 0.0412. The Balaban J connectivity index is 1.30. The van der Waals surface area contributed by atoms with Gasteiger partial charge in [0.25, 0.3) is 11.5 Å². The Morgan fingerprint density at radius 2 is 1.86 bits per heavy atom. The third-order valence-electron chi connectivity index (χ3n) is 5.83. The van der Waals surface area contributed by atoms with Crippen LogP contribution in [0.4, 0.5) is 5.69 Å². The number of piperazine rings is 1. The highest BCUT2D eigenvalue weighted by Gasteiger charge is 2.22. The molecule has 2 heterocycles. The van der Waals surface area contributed by atoms with Gasteiger partial charge in [-0.25, -0.2) is 5.10 Å². The highest BCUT2D eigenvalue weighted by atomic mass is 35.5. The first-order valence-electron chi connectivity index (χ1n) is 11.3. The van der Waals surface area contributed by atoms with Gasteiger partial charge >= 0.3 is 0 Å². The molecule has 2 N–H and O–H groups in total. The average Bonchev–Trinajstić information content (AvgIpc) is 2.89. The molecule has 1 aromatic heterocycles. The van der Waals surface area contributed by atoms with Crippen LogP contribution in [0.2, 0.25) is 5.02 Å². The van der Waals surface area contributed by atoms with E-state index in [1.54, 1.807) is 19.2 Å². The molecule has 0 unspecified atom stereocenters. The Kier molecular flexibility index (Phi) is 8.23. The van der Waals surface area contributed by atoms with Crippen molar-refractivity contribution in [1.82, 2.24) is 20.0 Å². The van der Waals surface area contributed by atoms with Crippen LogP contribution in [0.3, 0.4) is 0 Å². The molecule has 1 aliphatic rings. The summed E-state index contributed by atoms with van der Waals surface area (Å²) in [7, 11) is 1.55. The van der Waals surface area contributed by atoms with Crippen LogP contribution in [0.25, 0.3) is 0 Å². The van der Waals surface area contributed by atoms with Crippen molar-refractivity contribution in [1.29, 1.82) is 0 Å². The minimum Gasteiger partial charge on any atom is -0.493 e. The number of nitrogens with zero attached hydrogens (tertiary/aromatic N) is 3. The molecule has 1 amide bonds. The second-order valence-corrected chi connectivity index (χ2v) is 8.57. The van der Waals surface area contributed by atoms with E-state index in [0.717, 1.165) is 25.2 Å². The van der Waals surface area contributed by atoms with Crippen molar-refractivity contribution in [2.24, 2.45) is 0 Å². The monoisotopic (exact) mass is 497 g/mol. The third-order valence-corrected chi connectivity index (χ3v) is 6.21. The number of ether oxygens (including phenoxy) is 2. The normalized spacial score (nSPS) is 13.9. The molecule has 0 aliphatic carbocycles. The van der Waals surface area contributed by atoms with Gasteiger partial charge in [-0.05, 0) is 23.3 Å². The molecule has 184 valence electrons. The number of hydrogen-bond acceptors (Lipinski definition) is 7. The summed E-state index contributed by atoms with van der Waals surface area (Å²) in [6, 6.07) is 15.8. The molecule has 0 saturated carbocycles. The first-order chi connectivity index (χ1) is 17.0. The van der Waals surface area contributed by atoms with E-state index in [1.165, 1.54) is 11.8 Å². The van der Waals surface area contributed by atoms with E-state index in [9.17, 15) is 9.59 Å². The summed E-state index contributed by atoms with van der Waals surface area (Å²) in [6.45, 7) is 4.17. The summed E-state index contributed by atoms with van der Waals surface area (Å²) < 4.78 is 11.2. The zero-order chi connectivity index (χ0) is 24.6. The number of H-pyrrole nitrogens is 1. The van der Waals surface area contributed by atoms with Gasteiger partial charge < -0.3 is 19.7 Å². The summed E-state index contributed by atoms with van der Waals surface area (Å²) in [6.07, 6.45) is 1.45. The number of benzene rings is 2. The molecule has 0 atom stereocenters. The van der Waals surface area contributed by atoms with E-state index < -0.39 is 5.56 Å². The number of rotatable bonds is 9. The fraction of sp³-hybridized carbons (Fsp3) is 0.320. The largest absolute Gasteiger partial charge is 0.493 e. The Bertz CT molecular complexity index is 1200. The topological polar surface area (TPSA) is 99.8 Å². The summed E-state index contributed by atoms with van der Waals surface area (Å²) in [5, 5.41) is 9.15. The predicted molar refractivity (Wildman–Crippen MR) is 134 cm³/mol. The van der Waals surface area contributed by atoms with Crippen LogP contribution in [-0.4, -0.2) is 65.8 Å². The van der Waals surface area contributed by atoms with Crippen LogP contribution in [0, 0.1) is 0 Å². The molecule has 35 heavy (non-hydrogen) atoms. The number of aromatic amines is 1. The van der Waals surface area contributed by atoms with Gasteiger partial charge in [-0.3, -0.25) is 14.5 Å². The molecule has 0 radical (unpaired) electrons. The molecule has 1 saturated heterocycles. The van der Waals surface area contributed by atoms with Gasteiger partial charge in [-0.2, -0.15) is 5.10 Å². The minimum atomic E-state index is -0.463. The third kappa shape index (κ3) is 6.52. The highest BCUT2D eigenvalue weighted by Crippen LogP contribution is 2.29. The molecule has 0 bridgehead atoms. The number of amides is 1. The molecule has 1 fully saturated rings. The van der Waals surface area contributed by atoms with Crippen molar-refractivity contribution in [3.05, 3.63) is 81.2 Å². The molecule has 10 heteroatoms. The number of methoxy groups -OCH3 is 1. The van der Waals surface area contributed by atoms with Gasteiger partial charge in [0.05, 0.1) is 19.0 Å². The van der Waals surface area contributed by atoms with Crippen molar-refractivity contribution < 1.29 is 14.3 Å². The van der Waals surface area contributed by atoms with Crippen molar-refractivity contribution in [2.45, 2.75) is 13.1 Å². The quantitative estimate of drug-likeness (QED) is 0.469. The molecule has 3 aromatic rings. The summed E-state index contributed by atoms with van der Waals surface area (Å²) in [5.41, 5.74) is 2.10. The lowest BCUT2D eigenvalue weighted by Gasteiger charge is -2.34. The maximum Gasteiger partial charge on any atom is 0.285 e. The Labute approximate surface area is 208 Å². The van der Waals surface area contributed by atoms with Gasteiger partial charge in [0.1, 0.15) is 5.02 Å². The molecular formula is C25H28ClN5O4. The number of nitrogens with one attached hydrogen (secondary N) is 2. The standard InChI is InChI=1S/C25H28ClN5O4/c1-34-21-8-7-19(14-27-20-15-28-29-25(33)24(20)26)13-22(21)35-17-23(32)31-11-9-30(10-12-31)16-18-5-3-2-4-6-18/h2-8,13,15H,9-12,14,16-17H2,1H3,(H2,27,29,33). The fourth-order valence-corrected chi connectivity index (χ4v) is 4.03. The molecular weight excluding hydrogens is 470 g/mol. The van der Waals surface area contributed by atoms with Crippen LogP contribution in [0.5, 0.6) is 11.5 Å². The van der Waals surface area contributed by atoms with Crippen LogP contribution >= 0.6 is 11.6 Å². The van der Waals surface area contributed by atoms with Gasteiger partial charge in [-0.15, -0.1) is 0 Å². The maximum atomic E-state index is 12.8. The van der Waals surface area contributed by atoms with E-state index in [-0.39, 0.29) is 17.5 Å². The highest BCUT2D eigenvalue weighted by molar-refractivity contribution is 6.32. The second-order valence-electron chi connectivity index (χ2n) is 8.20. The van der Waals surface area contributed by atoms with Crippen LogP contribution in [0.15, 0.2) is 59.5 Å². The molecule has 4 rings (SSSR count). The summed E-state index contributed by atoms with van der Waals surface area (Å²) >= 11 is 6.01. The van der Waals surface area contributed by atoms with E-state index in [1.807, 2.05) is 29.2 Å². The number of aromatic nitrogens is 2. The first-order valence-corrected chi connectivity index (χ1v) is 11.7. The van der Waals surface area contributed by atoms with Crippen molar-refractivity contribution >= 4 is 23.2 Å². The number of carbonyl (C=O) groups excluding carboxylic acids is 1. The lowest BCUT2D eigenvalue weighted by Crippen LogP contribution is -2.49. The average molecular weight is 498 g/mol. The summed E-state index contributed by atoms with van der Waals surface area (Å²) in [4.78, 5) is 28.6. The van der Waals surface area contributed by atoms with E-state index in [4.69, 9.17) is 21.1 Å². The smallest absolute Gasteiger partial charge is 0.285 e. The van der Waals surface area contributed by atoms with E-state index >= 15 is 0 Å². The van der Waals surface area contributed by atoms with Gasteiger partial charge in [0.15, 0.2) is 18.1 Å². The lowest BCUT2D eigenvalue weighted by molar-refractivity contribution is -0.135. The van der Waals surface area contributed by atoms with Gasteiger partial charge in [-0.1, -0.05) is 48.0 Å². The molecule has 1 aliphatic heterocycles. The number of anilines is 1. The number of hydrogen-bond donors (Lipinski definition) is 2. The zero-order valence-corrected chi connectivity index (χ0v) is 20.3. The van der Waals surface area contributed by atoms with Crippen molar-refractivity contribution in [3.8, 4) is 11.5 Å². The Hall–Kier alpha value is -3.56. The summed E-state index contributed by atoms with van der Waals surface area (Å²) in [5.74, 6) is 0.944. The van der Waals surface area contributed by atoms with Crippen LogP contribution in [-0.2, 0) is 17.9 Å². The SMILES string of the molecule is COc1ccc(CNc2cn[nH]c(=O)c2Cl)cc1OCC(=O)N1CCN(Cc2ccccc2)CC1. The fourth-order valence-electron chi connectivity index (χ4n) is 3.88. The van der Waals surface area contributed by atoms with Crippen molar-refractivity contribution in [2.75, 3.05) is 45.2 Å². The Morgan fingerprint density at radius 1 is 1.09 bits per heavy atom. The number of carbonyl (C=O) groups is 1. The molecule has 0 spiro atoms. The van der Waals surface area contributed by atoms with Crippen molar-refractivity contribution in [3.63, 3.8) is 0 Å². The first kappa shape index (κ1) is 24.6. The predicted octanol–water partition coefficient (Wildman–Crippen LogP) is 2.77. The Morgan fingerprint density at radius 3 is 2.60 bits per heavy atom. The van der Waals surface area contributed by atoms with Gasteiger partial charge in [0.2, 0.25) is 0 Å². The maximum absolute atomic E-state index is 12.8.